The Morgan fingerprint density at radius 2 is 1.95 bits per heavy atom. The molecule has 0 amide bonds. The maximum absolute atomic E-state index is 3.61. The van der Waals surface area contributed by atoms with Gasteiger partial charge in [0.15, 0.2) is 0 Å². The first-order valence-corrected chi connectivity index (χ1v) is 7.65. The number of aryl methyl sites for hydroxylation is 3. The van der Waals surface area contributed by atoms with Crippen LogP contribution in [0.5, 0.6) is 0 Å². The number of hydrogen-bond acceptors (Lipinski definition) is 2. The number of nitrogens with one attached hydrogen (secondary N) is 2. The summed E-state index contributed by atoms with van der Waals surface area (Å²) >= 11 is 0. The number of benzene rings is 1. The van der Waals surface area contributed by atoms with Gasteiger partial charge < -0.3 is 10.6 Å². The fraction of sp³-hybridized carbons (Fsp3) is 0.647. The SMILES string of the molecule is Cc1cc(C)c(CNCCC2CCCNC2)cc1C. The third kappa shape index (κ3) is 4.32. The Morgan fingerprint density at radius 1 is 1.16 bits per heavy atom. The van der Waals surface area contributed by atoms with Gasteiger partial charge in [0.25, 0.3) is 0 Å². The highest BCUT2D eigenvalue weighted by Gasteiger charge is 2.12. The van der Waals surface area contributed by atoms with Gasteiger partial charge in [-0.3, -0.25) is 0 Å². The fourth-order valence-corrected chi connectivity index (χ4v) is 2.91. The van der Waals surface area contributed by atoms with Gasteiger partial charge >= 0.3 is 0 Å². The summed E-state index contributed by atoms with van der Waals surface area (Å²) in [5, 5.41) is 7.10. The Kier molecular flexibility index (Phi) is 5.41. The lowest BCUT2D eigenvalue weighted by Gasteiger charge is -2.22. The van der Waals surface area contributed by atoms with Crippen LogP contribution in [0.3, 0.4) is 0 Å². The molecule has 1 aromatic carbocycles. The number of hydrogen-bond donors (Lipinski definition) is 2. The Labute approximate surface area is 118 Å². The summed E-state index contributed by atoms with van der Waals surface area (Å²) in [5.41, 5.74) is 5.66. The van der Waals surface area contributed by atoms with E-state index >= 15 is 0 Å². The molecular weight excluding hydrogens is 232 g/mol. The molecule has 0 radical (unpaired) electrons. The van der Waals surface area contributed by atoms with Crippen LogP contribution < -0.4 is 10.6 Å². The molecule has 19 heavy (non-hydrogen) atoms. The molecule has 0 saturated carbocycles. The van der Waals surface area contributed by atoms with E-state index in [9.17, 15) is 0 Å². The van der Waals surface area contributed by atoms with Crippen molar-refractivity contribution in [3.63, 3.8) is 0 Å². The Morgan fingerprint density at radius 3 is 2.68 bits per heavy atom. The van der Waals surface area contributed by atoms with E-state index in [1.165, 1.54) is 54.6 Å². The first-order valence-electron chi connectivity index (χ1n) is 7.65. The highest BCUT2D eigenvalue weighted by atomic mass is 14.9. The average Bonchev–Trinajstić information content (AvgIpc) is 2.41. The van der Waals surface area contributed by atoms with Crippen LogP contribution in [0.4, 0.5) is 0 Å². The summed E-state index contributed by atoms with van der Waals surface area (Å²) < 4.78 is 0. The minimum Gasteiger partial charge on any atom is -0.316 e. The molecule has 0 spiro atoms. The van der Waals surface area contributed by atoms with Gasteiger partial charge in [-0.05, 0) is 87.8 Å². The third-order valence-electron chi connectivity index (χ3n) is 4.40. The van der Waals surface area contributed by atoms with E-state index in [0.29, 0.717) is 0 Å². The number of piperidine rings is 1. The highest BCUT2D eigenvalue weighted by molar-refractivity contribution is 5.36. The van der Waals surface area contributed by atoms with Crippen molar-refractivity contribution in [1.82, 2.24) is 10.6 Å². The van der Waals surface area contributed by atoms with Crippen molar-refractivity contribution in [3.05, 3.63) is 34.4 Å². The molecule has 1 saturated heterocycles. The zero-order chi connectivity index (χ0) is 13.7. The largest absolute Gasteiger partial charge is 0.316 e. The van der Waals surface area contributed by atoms with Gasteiger partial charge in [0, 0.05) is 6.54 Å². The summed E-state index contributed by atoms with van der Waals surface area (Å²) in [5.74, 6) is 0.877. The predicted molar refractivity (Wildman–Crippen MR) is 82.6 cm³/mol. The van der Waals surface area contributed by atoms with E-state index in [-0.39, 0.29) is 0 Å². The van der Waals surface area contributed by atoms with Crippen molar-refractivity contribution >= 4 is 0 Å². The standard InChI is InChI=1S/C17H28N2/c1-13-9-15(3)17(10-14(13)2)12-19-8-6-16-5-4-7-18-11-16/h9-10,16,18-19H,4-8,11-12H2,1-3H3. The van der Waals surface area contributed by atoms with E-state index in [1.807, 2.05) is 0 Å². The van der Waals surface area contributed by atoms with Crippen molar-refractivity contribution in [3.8, 4) is 0 Å². The quantitative estimate of drug-likeness (QED) is 0.795. The molecule has 1 unspecified atom stereocenters. The van der Waals surface area contributed by atoms with Crippen LogP contribution in [0.2, 0.25) is 0 Å². The predicted octanol–water partition coefficient (Wildman–Crippen LogP) is 3.09. The monoisotopic (exact) mass is 260 g/mol. The van der Waals surface area contributed by atoms with Gasteiger partial charge in [0.05, 0.1) is 0 Å². The van der Waals surface area contributed by atoms with Crippen LogP contribution in [0.15, 0.2) is 12.1 Å². The van der Waals surface area contributed by atoms with E-state index in [2.05, 4.69) is 43.5 Å². The molecule has 1 aliphatic rings. The molecule has 106 valence electrons. The smallest absolute Gasteiger partial charge is 0.0208 e. The molecule has 0 aromatic heterocycles. The molecule has 2 rings (SSSR count). The first kappa shape index (κ1) is 14.5. The Hall–Kier alpha value is -0.860. The Balaban J connectivity index is 1.74. The molecule has 2 N–H and O–H groups in total. The van der Waals surface area contributed by atoms with E-state index < -0.39 is 0 Å². The zero-order valence-corrected chi connectivity index (χ0v) is 12.7. The maximum atomic E-state index is 3.61. The Bertz CT molecular complexity index is 406. The van der Waals surface area contributed by atoms with Crippen LogP contribution in [-0.4, -0.2) is 19.6 Å². The van der Waals surface area contributed by atoms with Crippen molar-refractivity contribution in [1.29, 1.82) is 0 Å². The third-order valence-corrected chi connectivity index (χ3v) is 4.40. The van der Waals surface area contributed by atoms with Gasteiger partial charge in [-0.25, -0.2) is 0 Å². The summed E-state index contributed by atoms with van der Waals surface area (Å²) in [6.45, 7) is 11.2. The van der Waals surface area contributed by atoms with Crippen LogP contribution in [0.1, 0.15) is 41.5 Å². The minimum absolute atomic E-state index is 0.877. The summed E-state index contributed by atoms with van der Waals surface area (Å²) in [6.07, 6.45) is 4.05. The van der Waals surface area contributed by atoms with Gasteiger partial charge in [-0.1, -0.05) is 12.1 Å². The molecule has 2 heteroatoms. The van der Waals surface area contributed by atoms with Gasteiger partial charge in [-0.15, -0.1) is 0 Å². The van der Waals surface area contributed by atoms with Gasteiger partial charge in [0.1, 0.15) is 0 Å². The molecule has 1 heterocycles. The second-order valence-electron chi connectivity index (χ2n) is 6.04. The zero-order valence-electron chi connectivity index (χ0n) is 12.7. The lowest BCUT2D eigenvalue weighted by Crippen LogP contribution is -2.31. The molecular formula is C17H28N2. The number of rotatable bonds is 5. The lowest BCUT2D eigenvalue weighted by molar-refractivity contribution is 0.352. The normalized spacial score (nSPS) is 19.6. The van der Waals surface area contributed by atoms with Crippen molar-refractivity contribution in [2.75, 3.05) is 19.6 Å². The van der Waals surface area contributed by atoms with Crippen LogP contribution in [0, 0.1) is 26.7 Å². The van der Waals surface area contributed by atoms with E-state index in [0.717, 1.165) is 19.0 Å². The van der Waals surface area contributed by atoms with Gasteiger partial charge in [0.2, 0.25) is 0 Å². The van der Waals surface area contributed by atoms with Crippen molar-refractivity contribution < 1.29 is 0 Å². The van der Waals surface area contributed by atoms with Crippen LogP contribution in [-0.2, 0) is 6.54 Å². The van der Waals surface area contributed by atoms with Crippen molar-refractivity contribution in [2.24, 2.45) is 5.92 Å². The van der Waals surface area contributed by atoms with Crippen molar-refractivity contribution in [2.45, 2.75) is 46.6 Å². The second-order valence-corrected chi connectivity index (χ2v) is 6.04. The summed E-state index contributed by atoms with van der Waals surface area (Å²) in [7, 11) is 0. The first-order chi connectivity index (χ1) is 9.16. The highest BCUT2D eigenvalue weighted by Crippen LogP contribution is 2.16. The van der Waals surface area contributed by atoms with Crippen LogP contribution >= 0.6 is 0 Å². The molecule has 1 fully saturated rings. The minimum atomic E-state index is 0.877. The maximum Gasteiger partial charge on any atom is 0.0208 e. The molecule has 2 nitrogen and oxygen atoms in total. The van der Waals surface area contributed by atoms with Gasteiger partial charge in [-0.2, -0.15) is 0 Å². The molecule has 1 aliphatic heterocycles. The van der Waals surface area contributed by atoms with E-state index in [1.54, 1.807) is 0 Å². The summed E-state index contributed by atoms with van der Waals surface area (Å²) in [4.78, 5) is 0. The van der Waals surface area contributed by atoms with E-state index in [4.69, 9.17) is 0 Å². The lowest BCUT2D eigenvalue weighted by atomic mass is 9.96. The molecule has 1 aromatic rings. The second kappa shape index (κ2) is 7.06. The summed E-state index contributed by atoms with van der Waals surface area (Å²) in [6, 6.07) is 4.64. The fourth-order valence-electron chi connectivity index (χ4n) is 2.91. The average molecular weight is 260 g/mol. The molecule has 0 aliphatic carbocycles. The van der Waals surface area contributed by atoms with Crippen LogP contribution in [0.25, 0.3) is 0 Å². The molecule has 1 atom stereocenters. The topological polar surface area (TPSA) is 24.1 Å². The molecule has 0 bridgehead atoms.